The quantitative estimate of drug-likeness (QED) is 0.685. The average Bonchev–Trinajstić information content (AvgIpc) is 2.80. The highest BCUT2D eigenvalue weighted by Crippen LogP contribution is 2.47. The van der Waals surface area contributed by atoms with Gasteiger partial charge in [-0.25, -0.2) is 9.37 Å². The van der Waals surface area contributed by atoms with Gasteiger partial charge >= 0.3 is 0 Å². The Morgan fingerprint density at radius 1 is 1.31 bits per heavy atom. The Hall–Kier alpha value is -1.03. The molecule has 1 aromatic rings. The lowest BCUT2D eigenvalue weighted by atomic mass is 9.79. The van der Waals surface area contributed by atoms with Gasteiger partial charge in [0, 0.05) is 12.1 Å². The number of fused-ring (bicyclic) bond motifs is 2. The van der Waals surface area contributed by atoms with Gasteiger partial charge in [-0.15, -0.1) is 0 Å². The van der Waals surface area contributed by atoms with E-state index in [0.717, 1.165) is 12.8 Å². The lowest BCUT2D eigenvalue weighted by Gasteiger charge is -2.22. The molecule has 3 heterocycles. The maximum atomic E-state index is 13.6. The lowest BCUT2D eigenvalue weighted by molar-refractivity contribution is 0.0916. The van der Waals surface area contributed by atoms with Crippen LogP contribution in [0.2, 0.25) is 0 Å². The number of halogens is 2. The minimum absolute atomic E-state index is 0.00120. The highest BCUT2D eigenvalue weighted by Gasteiger charge is 2.46. The van der Waals surface area contributed by atoms with E-state index in [4.69, 9.17) is 4.74 Å². The van der Waals surface area contributed by atoms with Crippen LogP contribution in [0.1, 0.15) is 31.2 Å². The molecule has 86 valence electrons. The van der Waals surface area contributed by atoms with Crippen molar-refractivity contribution in [3.63, 3.8) is 0 Å². The first-order chi connectivity index (χ1) is 7.66. The minimum atomic E-state index is -1.01. The molecule has 2 aliphatic rings. The van der Waals surface area contributed by atoms with Crippen molar-refractivity contribution in [2.75, 3.05) is 0 Å². The summed E-state index contributed by atoms with van der Waals surface area (Å²) in [4.78, 5) is 3.31. The van der Waals surface area contributed by atoms with E-state index in [0.29, 0.717) is 11.5 Å². The smallest absolute Gasteiger partial charge is 0.249 e. The summed E-state index contributed by atoms with van der Waals surface area (Å²) >= 11 is 0. The Bertz CT molecular complexity index is 421. The zero-order valence-corrected chi connectivity index (χ0v) is 8.99. The van der Waals surface area contributed by atoms with Crippen LogP contribution in [0.4, 0.5) is 8.78 Å². The Kier molecular flexibility index (Phi) is 2.21. The van der Waals surface area contributed by atoms with Gasteiger partial charge in [0.1, 0.15) is 0 Å². The molecule has 4 atom stereocenters. The SMILES string of the molecule is CC1CC2OC1CC2c1ccnc(F)c1F. The van der Waals surface area contributed by atoms with Crippen molar-refractivity contribution in [3.8, 4) is 0 Å². The van der Waals surface area contributed by atoms with Crippen molar-refractivity contribution < 1.29 is 13.5 Å². The summed E-state index contributed by atoms with van der Waals surface area (Å²) < 4.78 is 32.3. The molecular weight excluding hydrogens is 212 g/mol. The van der Waals surface area contributed by atoms with Crippen LogP contribution in [-0.4, -0.2) is 17.2 Å². The molecule has 0 spiro atoms. The van der Waals surface area contributed by atoms with Crippen LogP contribution < -0.4 is 0 Å². The normalized spacial score (nSPS) is 36.9. The fraction of sp³-hybridized carbons (Fsp3) is 0.583. The number of rotatable bonds is 1. The highest BCUT2D eigenvalue weighted by atomic mass is 19.2. The molecule has 3 rings (SSSR count). The van der Waals surface area contributed by atoms with E-state index in [-0.39, 0.29) is 18.1 Å². The number of ether oxygens (including phenoxy) is 1. The molecule has 16 heavy (non-hydrogen) atoms. The molecule has 0 N–H and O–H groups in total. The predicted octanol–water partition coefficient (Wildman–Crippen LogP) is 2.64. The standard InChI is InChI=1S/C12H13F2NO/c1-6-4-10-8(5-9(6)16-10)7-2-3-15-12(14)11(7)13/h2-3,6,8-10H,4-5H2,1H3. The van der Waals surface area contributed by atoms with Gasteiger partial charge in [-0.1, -0.05) is 6.92 Å². The highest BCUT2D eigenvalue weighted by molar-refractivity contribution is 5.23. The van der Waals surface area contributed by atoms with E-state index >= 15 is 0 Å². The maximum absolute atomic E-state index is 13.6. The third kappa shape index (κ3) is 1.36. The molecule has 0 aromatic carbocycles. The van der Waals surface area contributed by atoms with Crippen LogP contribution >= 0.6 is 0 Å². The predicted molar refractivity (Wildman–Crippen MR) is 54.0 cm³/mol. The molecule has 0 amide bonds. The van der Waals surface area contributed by atoms with E-state index in [1.807, 2.05) is 0 Å². The number of pyridine rings is 1. The molecule has 2 fully saturated rings. The maximum Gasteiger partial charge on any atom is 0.249 e. The van der Waals surface area contributed by atoms with E-state index in [9.17, 15) is 8.78 Å². The molecule has 2 nitrogen and oxygen atoms in total. The van der Waals surface area contributed by atoms with Gasteiger partial charge in [0.15, 0.2) is 5.82 Å². The number of aromatic nitrogens is 1. The van der Waals surface area contributed by atoms with Crippen LogP contribution in [0.5, 0.6) is 0 Å². The number of hydrogen-bond donors (Lipinski definition) is 0. The molecule has 2 aliphatic heterocycles. The first kappa shape index (κ1) is 10.1. The van der Waals surface area contributed by atoms with Crippen LogP contribution in [0.25, 0.3) is 0 Å². The van der Waals surface area contributed by atoms with Crippen molar-refractivity contribution in [2.45, 2.75) is 37.9 Å². The van der Waals surface area contributed by atoms with Gasteiger partial charge in [-0.2, -0.15) is 4.39 Å². The third-order valence-corrected chi connectivity index (χ3v) is 3.80. The molecule has 0 saturated carbocycles. The second kappa shape index (κ2) is 3.48. The Morgan fingerprint density at radius 3 is 2.75 bits per heavy atom. The summed E-state index contributed by atoms with van der Waals surface area (Å²) in [7, 11) is 0. The Morgan fingerprint density at radius 2 is 2.12 bits per heavy atom. The monoisotopic (exact) mass is 225 g/mol. The largest absolute Gasteiger partial charge is 0.374 e. The van der Waals surface area contributed by atoms with Crippen molar-refractivity contribution in [1.29, 1.82) is 0 Å². The summed E-state index contributed by atoms with van der Waals surface area (Å²) in [6.07, 6.45) is 3.33. The van der Waals surface area contributed by atoms with Crippen molar-refractivity contribution in [1.82, 2.24) is 4.98 Å². The first-order valence-corrected chi connectivity index (χ1v) is 5.62. The van der Waals surface area contributed by atoms with Crippen LogP contribution in [-0.2, 0) is 4.74 Å². The fourth-order valence-corrected chi connectivity index (χ4v) is 2.93. The van der Waals surface area contributed by atoms with E-state index in [1.54, 1.807) is 6.07 Å². The van der Waals surface area contributed by atoms with E-state index in [1.165, 1.54) is 6.20 Å². The average molecular weight is 225 g/mol. The zero-order chi connectivity index (χ0) is 11.3. The van der Waals surface area contributed by atoms with Gasteiger partial charge in [0.25, 0.3) is 0 Å². The van der Waals surface area contributed by atoms with E-state index < -0.39 is 11.8 Å². The molecule has 1 aromatic heterocycles. The number of hydrogen-bond acceptors (Lipinski definition) is 2. The van der Waals surface area contributed by atoms with Gasteiger partial charge in [0.2, 0.25) is 5.95 Å². The lowest BCUT2D eigenvalue weighted by Crippen LogP contribution is -2.21. The van der Waals surface area contributed by atoms with Crippen LogP contribution in [0.3, 0.4) is 0 Å². The molecule has 4 heteroatoms. The van der Waals surface area contributed by atoms with Crippen molar-refractivity contribution in [3.05, 3.63) is 29.6 Å². The summed E-state index contributed by atoms with van der Waals surface area (Å²) in [6.45, 7) is 2.14. The van der Waals surface area contributed by atoms with Crippen LogP contribution in [0.15, 0.2) is 12.3 Å². The van der Waals surface area contributed by atoms with Gasteiger partial charge < -0.3 is 4.74 Å². The van der Waals surface area contributed by atoms with E-state index in [2.05, 4.69) is 11.9 Å². The van der Waals surface area contributed by atoms with Crippen LogP contribution in [0, 0.1) is 17.7 Å². The summed E-state index contributed by atoms with van der Waals surface area (Å²) in [5.41, 5.74) is 0.423. The van der Waals surface area contributed by atoms with Gasteiger partial charge in [0.05, 0.1) is 12.2 Å². The molecular formula is C12H13F2NO. The second-order valence-electron chi connectivity index (χ2n) is 4.77. The third-order valence-electron chi connectivity index (χ3n) is 3.80. The topological polar surface area (TPSA) is 22.1 Å². The van der Waals surface area contributed by atoms with Crippen molar-refractivity contribution in [2.24, 2.45) is 5.92 Å². The summed E-state index contributed by atoms with van der Waals surface area (Å²) in [5.74, 6) is -1.28. The molecule has 2 saturated heterocycles. The van der Waals surface area contributed by atoms with Crippen molar-refractivity contribution >= 4 is 0 Å². The minimum Gasteiger partial charge on any atom is -0.374 e. The van der Waals surface area contributed by atoms with Gasteiger partial charge in [-0.3, -0.25) is 0 Å². The Balaban J connectivity index is 1.92. The molecule has 2 bridgehead atoms. The zero-order valence-electron chi connectivity index (χ0n) is 8.99. The number of nitrogens with zero attached hydrogens (tertiary/aromatic N) is 1. The fourth-order valence-electron chi connectivity index (χ4n) is 2.93. The summed E-state index contributed by atoms with van der Waals surface area (Å²) in [5, 5.41) is 0. The van der Waals surface area contributed by atoms with Gasteiger partial charge in [-0.05, 0) is 30.4 Å². The molecule has 0 radical (unpaired) electrons. The first-order valence-electron chi connectivity index (χ1n) is 5.62. The molecule has 4 unspecified atom stereocenters. The second-order valence-corrected chi connectivity index (χ2v) is 4.77. The molecule has 0 aliphatic carbocycles. The summed E-state index contributed by atoms with van der Waals surface area (Å²) in [6, 6.07) is 1.57. The Labute approximate surface area is 92.6 Å².